The van der Waals surface area contributed by atoms with Gasteiger partial charge in [0.25, 0.3) is 0 Å². The van der Waals surface area contributed by atoms with Crippen LogP contribution in [0.25, 0.3) is 0 Å². The number of benzene rings is 1. The van der Waals surface area contributed by atoms with E-state index in [0.717, 1.165) is 6.42 Å². The third-order valence-electron chi connectivity index (χ3n) is 3.06. The molecule has 4 nitrogen and oxygen atoms in total. The molecule has 1 unspecified atom stereocenters. The number of sulfonamides is 1. The zero-order valence-electron chi connectivity index (χ0n) is 9.70. The van der Waals surface area contributed by atoms with E-state index in [-0.39, 0.29) is 21.4 Å². The summed E-state index contributed by atoms with van der Waals surface area (Å²) in [6, 6.07) is 4.41. The fourth-order valence-electron chi connectivity index (χ4n) is 1.65. The standard InChI is InChI=1S/C11H15ClN2O2S/c1-11(2)6-10(11)14-17(15,16)9-5-7(13)3-4-8(9)12/h3-5,10,14H,6,13H2,1-2H3. The van der Waals surface area contributed by atoms with Crippen LogP contribution in [0.2, 0.25) is 5.02 Å². The van der Waals surface area contributed by atoms with E-state index in [2.05, 4.69) is 4.72 Å². The summed E-state index contributed by atoms with van der Waals surface area (Å²) < 4.78 is 26.8. The Kier molecular flexibility index (Phi) is 2.88. The van der Waals surface area contributed by atoms with Gasteiger partial charge in [0.2, 0.25) is 10.0 Å². The highest BCUT2D eigenvalue weighted by Crippen LogP contribution is 2.45. The Bertz CT molecular complexity index is 555. The molecule has 0 aliphatic heterocycles. The van der Waals surface area contributed by atoms with Crippen LogP contribution in [0.1, 0.15) is 20.3 Å². The van der Waals surface area contributed by atoms with Gasteiger partial charge in [-0.15, -0.1) is 0 Å². The molecule has 1 aliphatic rings. The smallest absolute Gasteiger partial charge is 0.242 e. The first kappa shape index (κ1) is 12.7. The van der Waals surface area contributed by atoms with E-state index in [1.54, 1.807) is 6.07 Å². The number of hydrogen-bond acceptors (Lipinski definition) is 3. The third kappa shape index (κ3) is 2.56. The minimum atomic E-state index is -3.58. The topological polar surface area (TPSA) is 72.2 Å². The molecule has 94 valence electrons. The Hall–Kier alpha value is -0.780. The number of nitrogens with two attached hydrogens (primary N) is 1. The van der Waals surface area contributed by atoms with E-state index in [0.29, 0.717) is 5.69 Å². The number of nitrogens with one attached hydrogen (secondary N) is 1. The minimum Gasteiger partial charge on any atom is -0.399 e. The zero-order chi connectivity index (χ0) is 12.8. The molecule has 2 rings (SSSR count). The molecule has 3 N–H and O–H groups in total. The SMILES string of the molecule is CC1(C)CC1NS(=O)(=O)c1cc(N)ccc1Cl. The molecule has 17 heavy (non-hydrogen) atoms. The van der Waals surface area contributed by atoms with E-state index in [4.69, 9.17) is 17.3 Å². The molecule has 0 radical (unpaired) electrons. The molecule has 1 aromatic carbocycles. The molecule has 1 aliphatic carbocycles. The van der Waals surface area contributed by atoms with Crippen LogP contribution in [-0.4, -0.2) is 14.5 Å². The van der Waals surface area contributed by atoms with Crippen molar-refractivity contribution in [2.75, 3.05) is 5.73 Å². The van der Waals surface area contributed by atoms with Crippen molar-refractivity contribution in [3.05, 3.63) is 23.2 Å². The molecule has 1 fully saturated rings. The fourth-order valence-corrected chi connectivity index (χ4v) is 3.59. The lowest BCUT2D eigenvalue weighted by molar-refractivity contribution is 0.555. The maximum atomic E-state index is 12.1. The Morgan fingerprint density at radius 1 is 1.47 bits per heavy atom. The maximum absolute atomic E-state index is 12.1. The highest BCUT2D eigenvalue weighted by molar-refractivity contribution is 7.89. The first-order valence-corrected chi connectivity index (χ1v) is 7.16. The molecule has 0 saturated heterocycles. The summed E-state index contributed by atoms with van der Waals surface area (Å²) in [6.45, 7) is 4.03. The second kappa shape index (κ2) is 3.86. The van der Waals surface area contributed by atoms with Gasteiger partial charge in [-0.25, -0.2) is 13.1 Å². The van der Waals surface area contributed by atoms with Gasteiger partial charge in [-0.1, -0.05) is 25.4 Å². The molecular weight excluding hydrogens is 260 g/mol. The summed E-state index contributed by atoms with van der Waals surface area (Å²) in [6.07, 6.45) is 0.839. The number of anilines is 1. The summed E-state index contributed by atoms with van der Waals surface area (Å²) in [5, 5.41) is 0.185. The first-order valence-electron chi connectivity index (χ1n) is 5.30. The Balaban J connectivity index is 2.29. The number of halogens is 1. The van der Waals surface area contributed by atoms with Gasteiger partial charge in [0.15, 0.2) is 0 Å². The largest absolute Gasteiger partial charge is 0.399 e. The van der Waals surface area contributed by atoms with Crippen molar-refractivity contribution in [1.82, 2.24) is 4.72 Å². The average Bonchev–Trinajstić information content (AvgIpc) is 2.76. The van der Waals surface area contributed by atoms with Crippen LogP contribution in [0, 0.1) is 5.41 Å². The fraction of sp³-hybridized carbons (Fsp3) is 0.455. The molecule has 1 atom stereocenters. The van der Waals surface area contributed by atoms with Gasteiger partial charge in [0, 0.05) is 11.7 Å². The molecular formula is C11H15ClN2O2S. The molecule has 0 spiro atoms. The van der Waals surface area contributed by atoms with Crippen LogP contribution in [-0.2, 0) is 10.0 Å². The van der Waals surface area contributed by atoms with Crippen molar-refractivity contribution in [2.24, 2.45) is 5.41 Å². The second-order valence-electron chi connectivity index (χ2n) is 5.06. The molecule has 0 bridgehead atoms. The minimum absolute atomic E-state index is 0.0232. The van der Waals surface area contributed by atoms with E-state index in [9.17, 15) is 8.42 Å². The summed E-state index contributed by atoms with van der Waals surface area (Å²) in [5.41, 5.74) is 5.98. The monoisotopic (exact) mass is 274 g/mol. The molecule has 1 saturated carbocycles. The predicted molar refractivity (Wildman–Crippen MR) is 68.4 cm³/mol. The summed E-state index contributed by atoms with van der Waals surface area (Å²) >= 11 is 5.88. The van der Waals surface area contributed by atoms with Gasteiger partial charge >= 0.3 is 0 Å². The van der Waals surface area contributed by atoms with E-state index in [1.165, 1.54) is 12.1 Å². The third-order valence-corrected chi connectivity index (χ3v) is 5.01. The molecule has 0 heterocycles. The van der Waals surface area contributed by atoms with Crippen LogP contribution < -0.4 is 10.5 Å². The molecule has 0 amide bonds. The number of nitrogen functional groups attached to an aromatic ring is 1. The summed E-state index contributed by atoms with van der Waals surface area (Å²) in [4.78, 5) is 0.0434. The van der Waals surface area contributed by atoms with Gasteiger partial charge in [0.05, 0.1) is 5.02 Å². The first-order chi connectivity index (χ1) is 7.72. The van der Waals surface area contributed by atoms with Crippen LogP contribution in [0.5, 0.6) is 0 Å². The van der Waals surface area contributed by atoms with E-state index >= 15 is 0 Å². The van der Waals surface area contributed by atoms with Crippen LogP contribution in [0.15, 0.2) is 23.1 Å². The zero-order valence-corrected chi connectivity index (χ0v) is 11.3. The van der Waals surface area contributed by atoms with Crippen molar-refractivity contribution in [3.8, 4) is 0 Å². The lowest BCUT2D eigenvalue weighted by Crippen LogP contribution is -2.28. The van der Waals surface area contributed by atoms with Crippen molar-refractivity contribution in [1.29, 1.82) is 0 Å². The lowest BCUT2D eigenvalue weighted by atomic mass is 10.2. The van der Waals surface area contributed by atoms with Crippen molar-refractivity contribution in [3.63, 3.8) is 0 Å². The Morgan fingerprint density at radius 3 is 2.59 bits per heavy atom. The van der Waals surface area contributed by atoms with Gasteiger partial charge in [-0.3, -0.25) is 0 Å². The van der Waals surface area contributed by atoms with E-state index < -0.39 is 10.0 Å². The average molecular weight is 275 g/mol. The quantitative estimate of drug-likeness (QED) is 0.828. The van der Waals surface area contributed by atoms with Crippen molar-refractivity contribution >= 4 is 27.3 Å². The normalized spacial score (nSPS) is 22.4. The Labute approximate surface area is 106 Å². The van der Waals surface area contributed by atoms with Gasteiger partial charge in [0.1, 0.15) is 4.90 Å². The van der Waals surface area contributed by atoms with Crippen molar-refractivity contribution in [2.45, 2.75) is 31.2 Å². The number of rotatable bonds is 3. The molecule has 1 aromatic rings. The van der Waals surface area contributed by atoms with Crippen LogP contribution >= 0.6 is 11.6 Å². The van der Waals surface area contributed by atoms with Crippen LogP contribution in [0.3, 0.4) is 0 Å². The molecule has 6 heteroatoms. The van der Waals surface area contributed by atoms with Crippen LogP contribution in [0.4, 0.5) is 5.69 Å². The highest BCUT2D eigenvalue weighted by atomic mass is 35.5. The lowest BCUT2D eigenvalue weighted by Gasteiger charge is -2.10. The van der Waals surface area contributed by atoms with Gasteiger partial charge < -0.3 is 5.73 Å². The van der Waals surface area contributed by atoms with Gasteiger partial charge in [-0.05, 0) is 30.0 Å². The maximum Gasteiger partial charge on any atom is 0.242 e. The number of hydrogen-bond donors (Lipinski definition) is 2. The van der Waals surface area contributed by atoms with Crippen molar-refractivity contribution < 1.29 is 8.42 Å². The summed E-state index contributed by atoms with van der Waals surface area (Å²) in [7, 11) is -3.58. The molecule has 0 aromatic heterocycles. The Morgan fingerprint density at radius 2 is 2.06 bits per heavy atom. The highest BCUT2D eigenvalue weighted by Gasteiger charge is 2.48. The summed E-state index contributed by atoms with van der Waals surface area (Å²) in [5.74, 6) is 0. The second-order valence-corrected chi connectivity index (χ2v) is 7.15. The predicted octanol–water partition coefficient (Wildman–Crippen LogP) is 2.00. The van der Waals surface area contributed by atoms with Gasteiger partial charge in [-0.2, -0.15) is 0 Å². The van der Waals surface area contributed by atoms with E-state index in [1.807, 2.05) is 13.8 Å².